The number of aromatic nitrogens is 2. The van der Waals surface area contributed by atoms with Crippen molar-refractivity contribution in [2.24, 2.45) is 0 Å². The molecule has 2 heterocycles. The molecule has 0 unspecified atom stereocenters. The molecule has 134 valence electrons. The minimum Gasteiger partial charge on any atom is -0.357 e. The van der Waals surface area contributed by atoms with Gasteiger partial charge >= 0.3 is 0 Å². The molecule has 1 amide bonds. The van der Waals surface area contributed by atoms with E-state index in [1.165, 1.54) is 27.7 Å². The number of fused-ring (bicyclic) bond motifs is 1. The van der Waals surface area contributed by atoms with E-state index in [0.29, 0.717) is 28.6 Å². The van der Waals surface area contributed by atoms with Gasteiger partial charge in [0, 0.05) is 55.1 Å². The monoisotopic (exact) mass is 353 g/mol. The predicted octanol–water partition coefficient (Wildman–Crippen LogP) is 3.41. The van der Waals surface area contributed by atoms with Gasteiger partial charge in [-0.2, -0.15) is 0 Å². The number of amides is 1. The molecule has 1 aromatic carbocycles. The van der Waals surface area contributed by atoms with Gasteiger partial charge in [0.25, 0.3) is 11.5 Å². The predicted molar refractivity (Wildman–Crippen MR) is 101 cm³/mol. The van der Waals surface area contributed by atoms with E-state index < -0.39 is 5.82 Å². The van der Waals surface area contributed by atoms with Gasteiger partial charge in [0.05, 0.1) is 0 Å². The fraction of sp³-hybridized carbons (Fsp3) is 0.200. The molecule has 0 aliphatic carbocycles. The van der Waals surface area contributed by atoms with E-state index in [9.17, 15) is 14.0 Å². The van der Waals surface area contributed by atoms with Gasteiger partial charge in [-0.25, -0.2) is 4.39 Å². The Morgan fingerprint density at radius 3 is 2.73 bits per heavy atom. The van der Waals surface area contributed by atoms with Crippen molar-refractivity contribution in [1.29, 1.82) is 0 Å². The average molecular weight is 353 g/mol. The molecular formula is C20H20FN3O2. The zero-order chi connectivity index (χ0) is 18.8. The van der Waals surface area contributed by atoms with Crippen LogP contribution in [0.1, 0.15) is 17.3 Å². The standard InChI is InChI=1S/C20H20FN3O2/c1-4-5-10-24-12-16(14-8-9-22-18(14)20(24)26)15-11-13(6-7-17(15)21)19(25)23(2)3/h4-9,11-12,22H,10H2,1-3H3. The maximum Gasteiger partial charge on any atom is 0.275 e. The molecule has 0 radical (unpaired) electrons. The van der Waals surface area contributed by atoms with E-state index >= 15 is 0 Å². The van der Waals surface area contributed by atoms with Crippen molar-refractivity contribution in [1.82, 2.24) is 14.5 Å². The molecule has 0 aliphatic rings. The Labute approximate surface area is 150 Å². The summed E-state index contributed by atoms with van der Waals surface area (Å²) in [6.07, 6.45) is 6.99. The van der Waals surface area contributed by atoms with E-state index in [1.54, 1.807) is 32.6 Å². The highest BCUT2D eigenvalue weighted by Crippen LogP contribution is 2.30. The third-order valence-electron chi connectivity index (χ3n) is 4.24. The van der Waals surface area contributed by atoms with E-state index in [1.807, 2.05) is 19.1 Å². The molecule has 3 aromatic rings. The molecule has 0 spiro atoms. The molecule has 2 aromatic heterocycles. The number of benzene rings is 1. The third-order valence-corrected chi connectivity index (χ3v) is 4.24. The van der Waals surface area contributed by atoms with Gasteiger partial charge in [-0.1, -0.05) is 12.2 Å². The van der Waals surface area contributed by atoms with Gasteiger partial charge in [0.2, 0.25) is 0 Å². The zero-order valence-electron chi connectivity index (χ0n) is 14.9. The van der Waals surface area contributed by atoms with Crippen LogP contribution in [0, 0.1) is 5.82 Å². The van der Waals surface area contributed by atoms with Gasteiger partial charge in [0.15, 0.2) is 0 Å². The number of pyridine rings is 1. The summed E-state index contributed by atoms with van der Waals surface area (Å²) < 4.78 is 16.1. The van der Waals surface area contributed by atoms with Crippen LogP contribution in [-0.4, -0.2) is 34.5 Å². The summed E-state index contributed by atoms with van der Waals surface area (Å²) in [5.74, 6) is -0.655. The summed E-state index contributed by atoms with van der Waals surface area (Å²) in [6, 6.07) is 6.02. The summed E-state index contributed by atoms with van der Waals surface area (Å²) in [6.45, 7) is 2.25. The van der Waals surface area contributed by atoms with Crippen molar-refractivity contribution in [3.05, 3.63) is 70.5 Å². The minimum atomic E-state index is -0.445. The smallest absolute Gasteiger partial charge is 0.275 e. The molecule has 0 bridgehead atoms. The maximum atomic E-state index is 14.6. The second-order valence-corrected chi connectivity index (χ2v) is 6.23. The molecule has 26 heavy (non-hydrogen) atoms. The molecule has 0 aliphatic heterocycles. The number of nitrogens with zero attached hydrogens (tertiary/aromatic N) is 2. The third kappa shape index (κ3) is 3.06. The quantitative estimate of drug-likeness (QED) is 0.731. The van der Waals surface area contributed by atoms with E-state index in [2.05, 4.69) is 4.98 Å². The van der Waals surface area contributed by atoms with Crippen LogP contribution >= 0.6 is 0 Å². The molecule has 0 fully saturated rings. The number of aromatic amines is 1. The summed E-state index contributed by atoms with van der Waals surface area (Å²) in [4.78, 5) is 29.2. The average Bonchev–Trinajstić information content (AvgIpc) is 3.11. The summed E-state index contributed by atoms with van der Waals surface area (Å²) in [7, 11) is 3.29. The Morgan fingerprint density at radius 1 is 1.27 bits per heavy atom. The number of nitrogens with one attached hydrogen (secondary N) is 1. The fourth-order valence-corrected chi connectivity index (χ4v) is 2.89. The highest BCUT2D eigenvalue weighted by molar-refractivity contribution is 5.98. The van der Waals surface area contributed by atoms with Crippen LogP contribution < -0.4 is 5.56 Å². The van der Waals surface area contributed by atoms with Crippen LogP contribution in [0.3, 0.4) is 0 Å². The first kappa shape index (κ1) is 17.7. The molecular weight excluding hydrogens is 333 g/mol. The van der Waals surface area contributed by atoms with Crippen molar-refractivity contribution in [2.75, 3.05) is 14.1 Å². The first-order valence-electron chi connectivity index (χ1n) is 8.27. The van der Waals surface area contributed by atoms with Crippen molar-refractivity contribution in [3.8, 4) is 11.1 Å². The van der Waals surface area contributed by atoms with Crippen LogP contribution in [0.5, 0.6) is 0 Å². The Morgan fingerprint density at radius 2 is 2.04 bits per heavy atom. The summed E-state index contributed by atoms with van der Waals surface area (Å²) in [5.41, 5.74) is 1.48. The lowest BCUT2D eigenvalue weighted by Gasteiger charge is -2.13. The Kier molecular flexibility index (Phi) is 4.75. The molecule has 3 rings (SSSR count). The lowest BCUT2D eigenvalue weighted by atomic mass is 10.0. The SMILES string of the molecule is CC=CCn1cc(-c2cc(C(=O)N(C)C)ccc2F)c2cc[nH]c2c1=O. The Hall–Kier alpha value is -3.15. The van der Waals surface area contributed by atoms with Crippen LogP contribution in [0.25, 0.3) is 22.0 Å². The highest BCUT2D eigenvalue weighted by atomic mass is 19.1. The van der Waals surface area contributed by atoms with Gasteiger partial charge < -0.3 is 14.5 Å². The number of H-pyrrole nitrogens is 1. The molecule has 0 atom stereocenters. The number of carbonyl (C=O) groups is 1. The normalized spacial score (nSPS) is 11.4. The lowest BCUT2D eigenvalue weighted by molar-refractivity contribution is 0.0827. The van der Waals surface area contributed by atoms with Gasteiger partial charge in [-0.05, 0) is 31.2 Å². The van der Waals surface area contributed by atoms with Crippen molar-refractivity contribution in [2.45, 2.75) is 13.5 Å². The first-order chi connectivity index (χ1) is 12.4. The summed E-state index contributed by atoms with van der Waals surface area (Å²) >= 11 is 0. The molecule has 5 nitrogen and oxygen atoms in total. The molecule has 0 saturated heterocycles. The first-order valence-corrected chi connectivity index (χ1v) is 8.27. The van der Waals surface area contributed by atoms with Gasteiger partial charge in [-0.3, -0.25) is 9.59 Å². The Bertz CT molecular complexity index is 1060. The zero-order valence-corrected chi connectivity index (χ0v) is 14.9. The van der Waals surface area contributed by atoms with Crippen LogP contribution in [0.15, 0.2) is 53.6 Å². The second-order valence-electron chi connectivity index (χ2n) is 6.23. The van der Waals surface area contributed by atoms with Crippen LogP contribution in [0.2, 0.25) is 0 Å². The van der Waals surface area contributed by atoms with Crippen molar-refractivity contribution >= 4 is 16.8 Å². The minimum absolute atomic E-state index is 0.173. The maximum absolute atomic E-state index is 14.6. The van der Waals surface area contributed by atoms with Gasteiger partial charge in [-0.15, -0.1) is 0 Å². The number of carbonyl (C=O) groups excluding carboxylic acids is 1. The van der Waals surface area contributed by atoms with Crippen molar-refractivity contribution in [3.63, 3.8) is 0 Å². The largest absolute Gasteiger partial charge is 0.357 e. The van der Waals surface area contributed by atoms with E-state index in [0.717, 1.165) is 0 Å². The highest BCUT2D eigenvalue weighted by Gasteiger charge is 2.17. The number of hydrogen-bond donors (Lipinski definition) is 1. The number of hydrogen-bond acceptors (Lipinski definition) is 2. The van der Waals surface area contributed by atoms with Crippen LogP contribution in [-0.2, 0) is 6.54 Å². The van der Waals surface area contributed by atoms with Crippen molar-refractivity contribution < 1.29 is 9.18 Å². The fourth-order valence-electron chi connectivity index (χ4n) is 2.89. The number of allylic oxidation sites excluding steroid dienone is 2. The second kappa shape index (κ2) is 7.00. The molecule has 1 N–H and O–H groups in total. The Balaban J connectivity index is 2.26. The van der Waals surface area contributed by atoms with E-state index in [4.69, 9.17) is 0 Å². The molecule has 6 heteroatoms. The van der Waals surface area contributed by atoms with Gasteiger partial charge in [0.1, 0.15) is 11.3 Å². The summed E-state index contributed by atoms with van der Waals surface area (Å²) in [5, 5.41) is 0.625. The number of rotatable bonds is 4. The number of halogens is 1. The molecule has 0 saturated carbocycles. The van der Waals surface area contributed by atoms with Crippen LogP contribution in [0.4, 0.5) is 4.39 Å². The topological polar surface area (TPSA) is 58.1 Å². The lowest BCUT2D eigenvalue weighted by Crippen LogP contribution is -2.22. The van der Waals surface area contributed by atoms with E-state index in [-0.39, 0.29) is 17.0 Å².